The Balaban J connectivity index is 2.13. The van der Waals surface area contributed by atoms with Gasteiger partial charge in [0.15, 0.2) is 6.61 Å². The van der Waals surface area contributed by atoms with Crippen molar-refractivity contribution in [3.8, 4) is 5.75 Å². The normalized spacial score (nSPS) is 10.4. The predicted octanol–water partition coefficient (Wildman–Crippen LogP) is 1.46. The van der Waals surface area contributed by atoms with Crippen LogP contribution in [0.25, 0.3) is 0 Å². The van der Waals surface area contributed by atoms with E-state index in [2.05, 4.69) is 12.2 Å². The number of primary amides is 1. The van der Waals surface area contributed by atoms with Gasteiger partial charge in [-0.3, -0.25) is 4.79 Å². The third-order valence-corrected chi connectivity index (χ3v) is 2.62. The molecule has 112 valence electrons. The van der Waals surface area contributed by atoms with Crippen LogP contribution in [0.4, 0.5) is 0 Å². The molecule has 3 N–H and O–H groups in total. The number of benzene rings is 1. The minimum atomic E-state index is -0.471. The molecule has 0 aliphatic heterocycles. The fourth-order valence-corrected chi connectivity index (χ4v) is 1.64. The zero-order chi connectivity index (χ0) is 14.6. The van der Waals surface area contributed by atoms with Crippen molar-refractivity contribution < 1.29 is 14.3 Å². The van der Waals surface area contributed by atoms with Crippen LogP contribution in [0, 0.1) is 0 Å². The lowest BCUT2D eigenvalue weighted by atomic mass is 10.2. The second-order valence-corrected chi connectivity index (χ2v) is 4.54. The van der Waals surface area contributed by atoms with Gasteiger partial charge in [-0.15, -0.1) is 0 Å². The quantitative estimate of drug-likeness (QED) is 0.602. The lowest BCUT2D eigenvalue weighted by molar-refractivity contribution is -0.119. The molecule has 1 aromatic carbocycles. The van der Waals surface area contributed by atoms with E-state index in [1.54, 1.807) is 0 Å². The number of nitrogens with two attached hydrogens (primary N) is 1. The average molecular weight is 280 g/mol. The number of carbonyl (C=O) groups excluding carboxylic acids is 1. The average Bonchev–Trinajstić information content (AvgIpc) is 2.45. The van der Waals surface area contributed by atoms with Gasteiger partial charge in [0, 0.05) is 19.8 Å². The maximum Gasteiger partial charge on any atom is 0.255 e. The molecule has 0 aliphatic rings. The van der Waals surface area contributed by atoms with Crippen LogP contribution in [0.2, 0.25) is 0 Å². The molecular formula is C15H24N2O3. The van der Waals surface area contributed by atoms with Crippen molar-refractivity contribution in [3.63, 3.8) is 0 Å². The molecular weight excluding hydrogens is 256 g/mol. The molecule has 0 aromatic heterocycles. The minimum absolute atomic E-state index is 0.0879. The van der Waals surface area contributed by atoms with Crippen LogP contribution in [0.1, 0.15) is 25.3 Å². The standard InChI is InChI=1S/C15H24N2O3/c1-2-9-19-10-3-8-17-11-13-4-6-14(7-5-13)20-12-15(16)18/h4-7,17H,2-3,8-12H2,1H3,(H2,16,18). The summed E-state index contributed by atoms with van der Waals surface area (Å²) in [5.41, 5.74) is 6.18. The van der Waals surface area contributed by atoms with E-state index in [1.165, 1.54) is 5.56 Å². The van der Waals surface area contributed by atoms with Crippen molar-refractivity contribution in [1.82, 2.24) is 5.32 Å². The molecule has 0 unspecified atom stereocenters. The van der Waals surface area contributed by atoms with E-state index in [0.29, 0.717) is 5.75 Å². The highest BCUT2D eigenvalue weighted by molar-refractivity contribution is 5.75. The van der Waals surface area contributed by atoms with Crippen molar-refractivity contribution in [3.05, 3.63) is 29.8 Å². The van der Waals surface area contributed by atoms with E-state index < -0.39 is 5.91 Å². The highest BCUT2D eigenvalue weighted by Gasteiger charge is 1.98. The summed E-state index contributed by atoms with van der Waals surface area (Å²) < 4.78 is 10.6. The van der Waals surface area contributed by atoms with Gasteiger partial charge in [-0.05, 0) is 37.1 Å². The minimum Gasteiger partial charge on any atom is -0.484 e. The number of carbonyl (C=O) groups is 1. The number of nitrogens with one attached hydrogen (secondary N) is 1. The first kappa shape index (κ1) is 16.5. The van der Waals surface area contributed by atoms with E-state index in [4.69, 9.17) is 15.2 Å². The molecule has 20 heavy (non-hydrogen) atoms. The first-order valence-corrected chi connectivity index (χ1v) is 7.01. The van der Waals surface area contributed by atoms with Gasteiger partial charge in [0.1, 0.15) is 5.75 Å². The van der Waals surface area contributed by atoms with Crippen molar-refractivity contribution in [2.45, 2.75) is 26.3 Å². The molecule has 0 spiro atoms. The third-order valence-electron chi connectivity index (χ3n) is 2.62. The molecule has 0 heterocycles. The lowest BCUT2D eigenvalue weighted by Gasteiger charge is -2.07. The smallest absolute Gasteiger partial charge is 0.255 e. The third kappa shape index (κ3) is 7.76. The van der Waals surface area contributed by atoms with E-state index in [0.717, 1.165) is 39.1 Å². The van der Waals surface area contributed by atoms with Gasteiger partial charge in [-0.1, -0.05) is 19.1 Å². The van der Waals surface area contributed by atoms with E-state index in [9.17, 15) is 4.79 Å². The van der Waals surface area contributed by atoms with Crippen LogP contribution in [0.3, 0.4) is 0 Å². The second-order valence-electron chi connectivity index (χ2n) is 4.54. The van der Waals surface area contributed by atoms with E-state index >= 15 is 0 Å². The Labute approximate surface area is 120 Å². The van der Waals surface area contributed by atoms with Crippen LogP contribution in [-0.2, 0) is 16.1 Å². The maximum absolute atomic E-state index is 10.6. The molecule has 1 rings (SSSR count). The zero-order valence-corrected chi connectivity index (χ0v) is 12.1. The Morgan fingerprint density at radius 1 is 1.25 bits per heavy atom. The van der Waals surface area contributed by atoms with Crippen molar-refractivity contribution in [2.75, 3.05) is 26.4 Å². The largest absolute Gasteiger partial charge is 0.484 e. The summed E-state index contributed by atoms with van der Waals surface area (Å²) in [5, 5.41) is 3.35. The Morgan fingerprint density at radius 3 is 2.65 bits per heavy atom. The van der Waals surface area contributed by atoms with Crippen LogP contribution in [0.15, 0.2) is 24.3 Å². The van der Waals surface area contributed by atoms with Gasteiger partial charge in [-0.25, -0.2) is 0 Å². The molecule has 1 amide bonds. The molecule has 5 nitrogen and oxygen atoms in total. The van der Waals surface area contributed by atoms with E-state index in [1.807, 2.05) is 24.3 Å². The van der Waals surface area contributed by atoms with Crippen molar-refractivity contribution >= 4 is 5.91 Å². The molecule has 0 saturated carbocycles. The summed E-state index contributed by atoms with van der Waals surface area (Å²) in [4.78, 5) is 10.6. The van der Waals surface area contributed by atoms with Gasteiger partial charge in [0.2, 0.25) is 0 Å². The first-order chi connectivity index (χ1) is 9.72. The van der Waals surface area contributed by atoms with Crippen LogP contribution in [-0.4, -0.2) is 32.3 Å². The topological polar surface area (TPSA) is 73.6 Å². The van der Waals surface area contributed by atoms with Crippen molar-refractivity contribution in [2.24, 2.45) is 5.73 Å². The second kappa shape index (κ2) is 10.2. The fourth-order valence-electron chi connectivity index (χ4n) is 1.64. The van der Waals surface area contributed by atoms with Crippen LogP contribution < -0.4 is 15.8 Å². The summed E-state index contributed by atoms with van der Waals surface area (Å²) in [6, 6.07) is 7.61. The number of hydrogen-bond acceptors (Lipinski definition) is 4. The van der Waals surface area contributed by atoms with Crippen LogP contribution >= 0.6 is 0 Å². The summed E-state index contributed by atoms with van der Waals surface area (Å²) in [6.45, 7) is 5.41. The summed E-state index contributed by atoms with van der Waals surface area (Å²) in [7, 11) is 0. The predicted molar refractivity (Wildman–Crippen MR) is 78.6 cm³/mol. The molecule has 0 radical (unpaired) electrons. The van der Waals surface area contributed by atoms with E-state index in [-0.39, 0.29) is 6.61 Å². The highest BCUT2D eigenvalue weighted by atomic mass is 16.5. The first-order valence-electron chi connectivity index (χ1n) is 7.01. The van der Waals surface area contributed by atoms with Crippen LogP contribution in [0.5, 0.6) is 5.75 Å². The summed E-state index contributed by atoms with van der Waals surface area (Å²) >= 11 is 0. The van der Waals surface area contributed by atoms with Crippen molar-refractivity contribution in [1.29, 1.82) is 0 Å². The molecule has 5 heteroatoms. The fraction of sp³-hybridized carbons (Fsp3) is 0.533. The lowest BCUT2D eigenvalue weighted by Crippen LogP contribution is -2.20. The summed E-state index contributed by atoms with van der Waals surface area (Å²) in [6.07, 6.45) is 2.08. The zero-order valence-electron chi connectivity index (χ0n) is 12.1. The Hall–Kier alpha value is -1.59. The van der Waals surface area contributed by atoms with Gasteiger partial charge in [0.25, 0.3) is 5.91 Å². The number of amides is 1. The maximum atomic E-state index is 10.6. The Morgan fingerprint density at radius 2 is 2.00 bits per heavy atom. The van der Waals surface area contributed by atoms with Gasteiger partial charge < -0.3 is 20.5 Å². The molecule has 0 atom stereocenters. The molecule has 0 saturated heterocycles. The Kier molecular flexibility index (Phi) is 8.42. The molecule has 0 aliphatic carbocycles. The number of ether oxygens (including phenoxy) is 2. The summed E-state index contributed by atoms with van der Waals surface area (Å²) in [5.74, 6) is 0.182. The number of hydrogen-bond donors (Lipinski definition) is 2. The SMILES string of the molecule is CCCOCCCNCc1ccc(OCC(N)=O)cc1. The highest BCUT2D eigenvalue weighted by Crippen LogP contribution is 2.11. The van der Waals surface area contributed by atoms with Gasteiger partial charge in [0.05, 0.1) is 0 Å². The number of rotatable bonds is 11. The molecule has 0 fully saturated rings. The Bertz CT molecular complexity index is 379. The monoisotopic (exact) mass is 280 g/mol. The van der Waals surface area contributed by atoms with Gasteiger partial charge in [-0.2, -0.15) is 0 Å². The van der Waals surface area contributed by atoms with Gasteiger partial charge >= 0.3 is 0 Å². The molecule has 1 aromatic rings. The molecule has 0 bridgehead atoms.